The van der Waals surface area contributed by atoms with Crippen molar-refractivity contribution in [1.29, 1.82) is 0 Å². The van der Waals surface area contributed by atoms with Crippen molar-refractivity contribution >= 4 is 28.6 Å². The molecular formula is C20H20FN3OS. The summed E-state index contributed by atoms with van der Waals surface area (Å²) in [7, 11) is 0. The molecule has 0 unspecified atom stereocenters. The molecule has 0 saturated heterocycles. The number of aryl methyl sites for hydroxylation is 1. The summed E-state index contributed by atoms with van der Waals surface area (Å²) in [5, 5.41) is 1.76. The molecule has 0 N–H and O–H groups in total. The van der Waals surface area contributed by atoms with E-state index in [1.54, 1.807) is 11.0 Å². The summed E-state index contributed by atoms with van der Waals surface area (Å²) < 4.78 is 13.4. The molecule has 1 amide bonds. The predicted octanol–water partition coefficient (Wildman–Crippen LogP) is 4.22. The van der Waals surface area contributed by atoms with Gasteiger partial charge in [-0.3, -0.25) is 4.79 Å². The molecule has 0 spiro atoms. The van der Waals surface area contributed by atoms with Crippen molar-refractivity contribution < 1.29 is 9.18 Å². The van der Waals surface area contributed by atoms with Gasteiger partial charge in [0.1, 0.15) is 16.7 Å². The van der Waals surface area contributed by atoms with Gasteiger partial charge in [-0.15, -0.1) is 0 Å². The van der Waals surface area contributed by atoms with Gasteiger partial charge in [0.15, 0.2) is 0 Å². The van der Waals surface area contributed by atoms with Gasteiger partial charge in [0, 0.05) is 18.5 Å². The summed E-state index contributed by atoms with van der Waals surface area (Å²) >= 11 is 1.41. The molecule has 26 heavy (non-hydrogen) atoms. The van der Waals surface area contributed by atoms with E-state index in [0.29, 0.717) is 18.9 Å². The topological polar surface area (TPSA) is 46.1 Å². The molecule has 0 aliphatic carbocycles. The number of thioether (sulfide) groups is 1. The van der Waals surface area contributed by atoms with E-state index >= 15 is 0 Å². The SMILES string of the molecule is CCN(Cc1cccc(F)c1)C(=O)CSc1nc(C)nc2ccccc12. The van der Waals surface area contributed by atoms with Crippen LogP contribution in [0.15, 0.2) is 53.6 Å². The number of hydrogen-bond acceptors (Lipinski definition) is 4. The van der Waals surface area contributed by atoms with Gasteiger partial charge in [0.2, 0.25) is 5.91 Å². The predicted molar refractivity (Wildman–Crippen MR) is 102 cm³/mol. The van der Waals surface area contributed by atoms with Crippen molar-refractivity contribution in [1.82, 2.24) is 14.9 Å². The van der Waals surface area contributed by atoms with E-state index in [4.69, 9.17) is 0 Å². The molecule has 0 bridgehead atoms. The molecular weight excluding hydrogens is 349 g/mol. The molecule has 3 rings (SSSR count). The minimum atomic E-state index is -0.289. The second-order valence-corrected chi connectivity index (χ2v) is 6.88. The number of fused-ring (bicyclic) bond motifs is 1. The van der Waals surface area contributed by atoms with Crippen LogP contribution in [0.5, 0.6) is 0 Å². The van der Waals surface area contributed by atoms with Crippen molar-refractivity contribution in [2.24, 2.45) is 0 Å². The van der Waals surface area contributed by atoms with Crippen LogP contribution < -0.4 is 0 Å². The molecule has 3 aromatic rings. The van der Waals surface area contributed by atoms with Gasteiger partial charge in [0.05, 0.1) is 11.3 Å². The van der Waals surface area contributed by atoms with E-state index in [0.717, 1.165) is 21.5 Å². The molecule has 2 aromatic carbocycles. The largest absolute Gasteiger partial charge is 0.338 e. The molecule has 0 aliphatic heterocycles. The summed E-state index contributed by atoms with van der Waals surface area (Å²) in [4.78, 5) is 23.3. The number of benzene rings is 2. The molecule has 1 aromatic heterocycles. The first kappa shape index (κ1) is 18.3. The third-order valence-corrected chi connectivity index (χ3v) is 4.99. The van der Waals surface area contributed by atoms with Gasteiger partial charge < -0.3 is 4.90 Å². The summed E-state index contributed by atoms with van der Waals surface area (Å²) in [5.41, 5.74) is 1.66. The number of carbonyl (C=O) groups is 1. The fourth-order valence-corrected chi connectivity index (χ4v) is 3.69. The highest BCUT2D eigenvalue weighted by Gasteiger charge is 2.15. The number of halogens is 1. The van der Waals surface area contributed by atoms with Gasteiger partial charge in [-0.2, -0.15) is 0 Å². The first-order valence-electron chi connectivity index (χ1n) is 8.45. The average molecular weight is 369 g/mol. The molecule has 6 heteroatoms. The highest BCUT2D eigenvalue weighted by atomic mass is 32.2. The Morgan fingerprint density at radius 1 is 1.15 bits per heavy atom. The Kier molecular flexibility index (Phi) is 5.83. The van der Waals surface area contributed by atoms with Crippen LogP contribution in [0.4, 0.5) is 4.39 Å². The highest BCUT2D eigenvalue weighted by molar-refractivity contribution is 8.00. The number of aromatic nitrogens is 2. The molecule has 0 saturated carbocycles. The second kappa shape index (κ2) is 8.27. The first-order chi connectivity index (χ1) is 12.6. The van der Waals surface area contributed by atoms with Gasteiger partial charge in [-0.05, 0) is 37.6 Å². The van der Waals surface area contributed by atoms with Crippen LogP contribution in [-0.4, -0.2) is 33.1 Å². The first-order valence-corrected chi connectivity index (χ1v) is 9.43. The van der Waals surface area contributed by atoms with Crippen molar-refractivity contribution in [3.63, 3.8) is 0 Å². The number of para-hydroxylation sites is 1. The zero-order valence-corrected chi connectivity index (χ0v) is 15.6. The van der Waals surface area contributed by atoms with E-state index in [9.17, 15) is 9.18 Å². The van der Waals surface area contributed by atoms with E-state index in [1.807, 2.05) is 44.2 Å². The molecule has 0 fully saturated rings. The Labute approximate surface area is 156 Å². The Morgan fingerprint density at radius 2 is 1.96 bits per heavy atom. The number of nitrogens with zero attached hydrogens (tertiary/aromatic N) is 3. The lowest BCUT2D eigenvalue weighted by Gasteiger charge is -2.21. The van der Waals surface area contributed by atoms with Crippen LogP contribution in [0.25, 0.3) is 10.9 Å². The van der Waals surface area contributed by atoms with Crippen LogP contribution in [-0.2, 0) is 11.3 Å². The van der Waals surface area contributed by atoms with Gasteiger partial charge >= 0.3 is 0 Å². The summed E-state index contributed by atoms with van der Waals surface area (Å²) in [6.45, 7) is 4.74. The fraction of sp³-hybridized carbons (Fsp3) is 0.250. The number of hydrogen-bond donors (Lipinski definition) is 0. The van der Waals surface area contributed by atoms with Crippen molar-refractivity contribution in [2.75, 3.05) is 12.3 Å². The Balaban J connectivity index is 1.71. The van der Waals surface area contributed by atoms with E-state index in [-0.39, 0.29) is 17.5 Å². The van der Waals surface area contributed by atoms with Gasteiger partial charge in [-0.1, -0.05) is 42.1 Å². The zero-order valence-electron chi connectivity index (χ0n) is 14.8. The maximum Gasteiger partial charge on any atom is 0.233 e. The fourth-order valence-electron chi connectivity index (χ4n) is 2.72. The summed E-state index contributed by atoms with van der Waals surface area (Å²) in [6.07, 6.45) is 0. The maximum absolute atomic E-state index is 13.4. The van der Waals surface area contributed by atoms with Gasteiger partial charge in [0.25, 0.3) is 0 Å². The minimum Gasteiger partial charge on any atom is -0.338 e. The van der Waals surface area contributed by atoms with Crippen LogP contribution in [0.2, 0.25) is 0 Å². The Hall–Kier alpha value is -2.47. The lowest BCUT2D eigenvalue weighted by atomic mass is 10.2. The quantitative estimate of drug-likeness (QED) is 0.482. The number of amides is 1. The van der Waals surface area contributed by atoms with Crippen LogP contribution in [0.1, 0.15) is 18.3 Å². The molecule has 0 atom stereocenters. The number of carbonyl (C=O) groups excluding carboxylic acids is 1. The Bertz CT molecular complexity index is 932. The zero-order chi connectivity index (χ0) is 18.5. The third-order valence-electron chi connectivity index (χ3n) is 4.01. The van der Waals surface area contributed by atoms with E-state index in [1.165, 1.54) is 23.9 Å². The Morgan fingerprint density at radius 3 is 2.73 bits per heavy atom. The van der Waals surface area contributed by atoms with E-state index < -0.39 is 0 Å². The molecule has 0 aliphatic rings. The monoisotopic (exact) mass is 369 g/mol. The lowest BCUT2D eigenvalue weighted by Crippen LogP contribution is -2.31. The van der Waals surface area contributed by atoms with Crippen LogP contribution in [0.3, 0.4) is 0 Å². The normalized spacial score (nSPS) is 10.9. The second-order valence-electron chi connectivity index (χ2n) is 5.92. The average Bonchev–Trinajstić information content (AvgIpc) is 2.63. The summed E-state index contributed by atoms with van der Waals surface area (Å²) in [5.74, 6) is 0.681. The number of rotatable bonds is 6. The van der Waals surface area contributed by atoms with Crippen LogP contribution in [0, 0.1) is 12.7 Å². The van der Waals surface area contributed by atoms with Crippen molar-refractivity contribution in [2.45, 2.75) is 25.4 Å². The molecule has 4 nitrogen and oxygen atoms in total. The summed E-state index contributed by atoms with van der Waals surface area (Å²) in [6, 6.07) is 14.1. The molecule has 0 radical (unpaired) electrons. The van der Waals surface area contributed by atoms with Crippen LogP contribution >= 0.6 is 11.8 Å². The third kappa shape index (κ3) is 4.38. The lowest BCUT2D eigenvalue weighted by molar-refractivity contribution is -0.128. The molecule has 1 heterocycles. The van der Waals surface area contributed by atoms with Crippen molar-refractivity contribution in [3.8, 4) is 0 Å². The highest BCUT2D eigenvalue weighted by Crippen LogP contribution is 2.25. The minimum absolute atomic E-state index is 0.00195. The van der Waals surface area contributed by atoms with Crippen molar-refractivity contribution in [3.05, 3.63) is 65.7 Å². The standard InChI is InChI=1S/C20H20FN3OS/c1-3-24(12-15-7-6-8-16(21)11-15)19(25)13-26-20-17-9-4-5-10-18(17)22-14(2)23-20/h4-11H,3,12-13H2,1-2H3. The molecule has 134 valence electrons. The maximum atomic E-state index is 13.4. The smallest absolute Gasteiger partial charge is 0.233 e. The van der Waals surface area contributed by atoms with E-state index in [2.05, 4.69) is 9.97 Å². The van der Waals surface area contributed by atoms with Gasteiger partial charge in [-0.25, -0.2) is 14.4 Å².